The number of carbonyl (C=O) groups excluding carboxylic acids is 2. The Kier molecular flexibility index (Phi) is 5.39. The Morgan fingerprint density at radius 1 is 1.32 bits per heavy atom. The SMILES string of the molecule is CC1CN(C(=O)COC(=O)c2ccc(Cn3cncn3)cc2)CCO1. The number of ether oxygens (including phenoxy) is 2. The van der Waals surface area contributed by atoms with Crippen LogP contribution < -0.4 is 0 Å². The zero-order valence-corrected chi connectivity index (χ0v) is 14.0. The van der Waals surface area contributed by atoms with Crippen molar-refractivity contribution in [3.05, 3.63) is 48.0 Å². The summed E-state index contributed by atoms with van der Waals surface area (Å²) >= 11 is 0. The molecule has 0 aliphatic carbocycles. The fourth-order valence-corrected chi connectivity index (χ4v) is 2.59. The molecule has 1 saturated heterocycles. The summed E-state index contributed by atoms with van der Waals surface area (Å²) in [6.45, 7) is 3.78. The average Bonchev–Trinajstić information content (AvgIpc) is 3.13. The van der Waals surface area contributed by atoms with Gasteiger partial charge in [-0.25, -0.2) is 14.5 Å². The van der Waals surface area contributed by atoms with Crippen LogP contribution in [-0.2, 0) is 20.8 Å². The van der Waals surface area contributed by atoms with Gasteiger partial charge in [-0.3, -0.25) is 4.79 Å². The molecule has 132 valence electrons. The van der Waals surface area contributed by atoms with Gasteiger partial charge in [0.05, 0.1) is 24.8 Å². The summed E-state index contributed by atoms with van der Waals surface area (Å²) in [5.74, 6) is -0.715. The van der Waals surface area contributed by atoms with Gasteiger partial charge in [-0.15, -0.1) is 0 Å². The number of nitrogens with zero attached hydrogens (tertiary/aromatic N) is 4. The Labute approximate surface area is 145 Å². The lowest BCUT2D eigenvalue weighted by molar-refractivity contribution is -0.141. The predicted molar refractivity (Wildman–Crippen MR) is 87.8 cm³/mol. The van der Waals surface area contributed by atoms with Gasteiger partial charge in [-0.1, -0.05) is 12.1 Å². The van der Waals surface area contributed by atoms with Crippen LogP contribution in [0.3, 0.4) is 0 Å². The van der Waals surface area contributed by atoms with E-state index in [1.165, 1.54) is 6.33 Å². The van der Waals surface area contributed by atoms with Gasteiger partial charge >= 0.3 is 5.97 Å². The topological polar surface area (TPSA) is 86.6 Å². The lowest BCUT2D eigenvalue weighted by atomic mass is 10.1. The zero-order chi connectivity index (χ0) is 17.6. The van der Waals surface area contributed by atoms with Crippen molar-refractivity contribution in [1.29, 1.82) is 0 Å². The number of rotatable bonds is 5. The van der Waals surface area contributed by atoms with E-state index in [4.69, 9.17) is 9.47 Å². The molecule has 1 unspecified atom stereocenters. The van der Waals surface area contributed by atoms with Gasteiger partial charge in [0.15, 0.2) is 6.61 Å². The fourth-order valence-electron chi connectivity index (χ4n) is 2.59. The maximum Gasteiger partial charge on any atom is 0.338 e. The van der Waals surface area contributed by atoms with Crippen molar-refractivity contribution in [2.24, 2.45) is 0 Å². The molecule has 0 bridgehead atoms. The first-order valence-corrected chi connectivity index (χ1v) is 8.09. The van der Waals surface area contributed by atoms with Crippen molar-refractivity contribution in [3.8, 4) is 0 Å². The molecule has 1 aliphatic rings. The molecule has 8 heteroatoms. The molecule has 0 saturated carbocycles. The molecule has 1 atom stereocenters. The minimum absolute atomic E-state index is 0.00549. The number of carbonyl (C=O) groups is 2. The van der Waals surface area contributed by atoms with Gasteiger partial charge in [0, 0.05) is 13.1 Å². The molecule has 1 fully saturated rings. The molecular weight excluding hydrogens is 324 g/mol. The van der Waals surface area contributed by atoms with Crippen LogP contribution in [0.15, 0.2) is 36.9 Å². The summed E-state index contributed by atoms with van der Waals surface area (Å²) in [4.78, 5) is 29.7. The number of hydrogen-bond donors (Lipinski definition) is 0. The van der Waals surface area contributed by atoms with Crippen LogP contribution in [0.25, 0.3) is 0 Å². The normalized spacial score (nSPS) is 17.3. The van der Waals surface area contributed by atoms with Crippen LogP contribution in [0.4, 0.5) is 0 Å². The highest BCUT2D eigenvalue weighted by molar-refractivity contribution is 5.91. The summed E-state index contributed by atoms with van der Waals surface area (Å²) in [5.41, 5.74) is 1.39. The number of morpholine rings is 1. The first-order chi connectivity index (χ1) is 12.1. The predicted octanol–water partition coefficient (Wildman–Crippen LogP) is 0.730. The second kappa shape index (κ2) is 7.89. The summed E-state index contributed by atoms with van der Waals surface area (Å²) in [6.07, 6.45) is 3.10. The van der Waals surface area contributed by atoms with Crippen LogP contribution >= 0.6 is 0 Å². The van der Waals surface area contributed by atoms with Gasteiger partial charge < -0.3 is 14.4 Å². The number of aromatic nitrogens is 3. The van der Waals surface area contributed by atoms with E-state index in [1.54, 1.807) is 28.0 Å². The Bertz CT molecular complexity index is 715. The number of benzene rings is 1. The monoisotopic (exact) mass is 344 g/mol. The second-order valence-electron chi connectivity index (χ2n) is 5.89. The Morgan fingerprint density at radius 2 is 2.12 bits per heavy atom. The number of esters is 1. The van der Waals surface area contributed by atoms with E-state index in [0.717, 1.165) is 5.56 Å². The standard InChI is InChI=1S/C17H20N4O4/c1-13-8-20(6-7-24-13)16(22)10-25-17(23)15-4-2-14(3-5-15)9-21-12-18-11-19-21/h2-5,11-13H,6-10H2,1H3. The molecule has 0 radical (unpaired) electrons. The lowest BCUT2D eigenvalue weighted by Crippen LogP contribution is -2.46. The first kappa shape index (κ1) is 17.1. The summed E-state index contributed by atoms with van der Waals surface area (Å²) in [7, 11) is 0. The van der Waals surface area contributed by atoms with Crippen molar-refractivity contribution >= 4 is 11.9 Å². The van der Waals surface area contributed by atoms with E-state index >= 15 is 0 Å². The van der Waals surface area contributed by atoms with Gasteiger partial charge in [-0.05, 0) is 24.6 Å². The Morgan fingerprint density at radius 3 is 2.80 bits per heavy atom. The highest BCUT2D eigenvalue weighted by Gasteiger charge is 2.22. The van der Waals surface area contributed by atoms with Gasteiger partial charge in [0.1, 0.15) is 12.7 Å². The molecule has 8 nitrogen and oxygen atoms in total. The van der Waals surface area contributed by atoms with Gasteiger partial charge in [0.2, 0.25) is 0 Å². The molecular formula is C17H20N4O4. The van der Waals surface area contributed by atoms with Crippen LogP contribution in [0, 0.1) is 0 Å². The van der Waals surface area contributed by atoms with E-state index < -0.39 is 5.97 Å². The van der Waals surface area contributed by atoms with Crippen LogP contribution in [-0.4, -0.2) is 63.9 Å². The Balaban J connectivity index is 1.50. The van der Waals surface area contributed by atoms with Crippen molar-refractivity contribution < 1.29 is 19.1 Å². The van der Waals surface area contributed by atoms with Gasteiger partial charge in [0.25, 0.3) is 5.91 Å². The quantitative estimate of drug-likeness (QED) is 0.743. The second-order valence-corrected chi connectivity index (χ2v) is 5.89. The number of amides is 1. The summed E-state index contributed by atoms with van der Waals surface area (Å²) in [6, 6.07) is 7.00. The van der Waals surface area contributed by atoms with E-state index in [0.29, 0.717) is 31.8 Å². The minimum Gasteiger partial charge on any atom is -0.452 e. The average molecular weight is 344 g/mol. The molecule has 0 spiro atoms. The first-order valence-electron chi connectivity index (χ1n) is 8.09. The summed E-state index contributed by atoms with van der Waals surface area (Å²) in [5, 5.41) is 4.03. The van der Waals surface area contributed by atoms with Crippen LogP contribution in [0.1, 0.15) is 22.8 Å². The molecule has 1 aromatic carbocycles. The van der Waals surface area contributed by atoms with Crippen LogP contribution in [0.5, 0.6) is 0 Å². The maximum absolute atomic E-state index is 12.1. The largest absolute Gasteiger partial charge is 0.452 e. The highest BCUT2D eigenvalue weighted by atomic mass is 16.5. The molecule has 3 rings (SSSR count). The van der Waals surface area contributed by atoms with Crippen molar-refractivity contribution in [3.63, 3.8) is 0 Å². The molecule has 1 amide bonds. The smallest absolute Gasteiger partial charge is 0.338 e. The Hall–Kier alpha value is -2.74. The third kappa shape index (κ3) is 4.63. The zero-order valence-electron chi connectivity index (χ0n) is 14.0. The highest BCUT2D eigenvalue weighted by Crippen LogP contribution is 2.09. The van der Waals surface area contributed by atoms with E-state index in [-0.39, 0.29) is 18.6 Å². The van der Waals surface area contributed by atoms with Crippen molar-refractivity contribution in [2.75, 3.05) is 26.3 Å². The van der Waals surface area contributed by atoms with E-state index in [2.05, 4.69) is 10.1 Å². The lowest BCUT2D eigenvalue weighted by Gasteiger charge is -2.30. The molecule has 25 heavy (non-hydrogen) atoms. The van der Waals surface area contributed by atoms with Gasteiger partial charge in [-0.2, -0.15) is 5.10 Å². The maximum atomic E-state index is 12.1. The summed E-state index contributed by atoms with van der Waals surface area (Å²) < 4.78 is 12.2. The molecule has 0 N–H and O–H groups in total. The minimum atomic E-state index is -0.512. The molecule has 2 heterocycles. The third-order valence-electron chi connectivity index (χ3n) is 3.92. The molecule has 1 aromatic heterocycles. The fraction of sp³-hybridized carbons (Fsp3) is 0.412. The van der Waals surface area contributed by atoms with Crippen LogP contribution in [0.2, 0.25) is 0 Å². The van der Waals surface area contributed by atoms with E-state index in [1.807, 2.05) is 19.1 Å². The molecule has 1 aliphatic heterocycles. The van der Waals surface area contributed by atoms with E-state index in [9.17, 15) is 9.59 Å². The van der Waals surface area contributed by atoms with Crippen molar-refractivity contribution in [1.82, 2.24) is 19.7 Å². The number of hydrogen-bond acceptors (Lipinski definition) is 6. The third-order valence-corrected chi connectivity index (χ3v) is 3.92. The van der Waals surface area contributed by atoms with Crippen molar-refractivity contribution in [2.45, 2.75) is 19.6 Å². The molecule has 2 aromatic rings.